The summed E-state index contributed by atoms with van der Waals surface area (Å²) in [6, 6.07) is 9.52. The fraction of sp³-hybridized carbons (Fsp3) is 0.294. The van der Waals surface area contributed by atoms with E-state index in [4.69, 9.17) is 14.2 Å². The van der Waals surface area contributed by atoms with Crippen LogP contribution in [0.3, 0.4) is 0 Å². The van der Waals surface area contributed by atoms with E-state index >= 15 is 0 Å². The zero-order valence-electron chi connectivity index (χ0n) is 12.8. The minimum atomic E-state index is -0.502. The summed E-state index contributed by atoms with van der Waals surface area (Å²) in [7, 11) is 0. The highest BCUT2D eigenvalue weighted by atomic mass is 16.5. The number of esters is 2. The normalized spacial score (nSPS) is 11.3. The van der Waals surface area contributed by atoms with Gasteiger partial charge in [-0.3, -0.25) is 0 Å². The van der Waals surface area contributed by atoms with Crippen molar-refractivity contribution >= 4 is 11.9 Å². The highest BCUT2D eigenvalue weighted by Crippen LogP contribution is 2.10. The van der Waals surface area contributed by atoms with Crippen molar-refractivity contribution in [1.29, 1.82) is 0 Å². The third-order valence-electron chi connectivity index (χ3n) is 2.50. The Morgan fingerprint density at radius 2 is 1.64 bits per heavy atom. The molecule has 118 valence electrons. The largest absolute Gasteiger partial charge is 0.468 e. The molecule has 0 atom stereocenters. The second-order valence-corrected chi connectivity index (χ2v) is 4.20. The minimum absolute atomic E-state index is 0.284. The lowest BCUT2D eigenvalue weighted by atomic mass is 10.1. The first-order valence-electron chi connectivity index (χ1n) is 7.07. The number of allylic oxidation sites excluding steroid dienone is 1. The Kier molecular flexibility index (Phi) is 8.12. The number of carbonyl (C=O) groups excluding carboxylic acids is 2. The monoisotopic (exact) mass is 304 g/mol. The summed E-state index contributed by atoms with van der Waals surface area (Å²) in [6.45, 7) is 4.02. The number of carbonyl (C=O) groups is 2. The summed E-state index contributed by atoms with van der Waals surface area (Å²) in [4.78, 5) is 22.8. The lowest BCUT2D eigenvalue weighted by Gasteiger charge is -2.07. The molecule has 0 aliphatic carbocycles. The molecule has 0 heterocycles. The Morgan fingerprint density at radius 1 is 1.00 bits per heavy atom. The van der Waals surface area contributed by atoms with Crippen LogP contribution in [0.5, 0.6) is 0 Å². The third kappa shape index (κ3) is 7.28. The quantitative estimate of drug-likeness (QED) is 0.420. The molecule has 0 bridgehead atoms. The van der Waals surface area contributed by atoms with Gasteiger partial charge in [-0.2, -0.15) is 0 Å². The maximum absolute atomic E-state index is 11.5. The maximum Gasteiger partial charge on any atom is 0.334 e. The van der Waals surface area contributed by atoms with Gasteiger partial charge in [0, 0.05) is 6.42 Å². The van der Waals surface area contributed by atoms with Gasteiger partial charge < -0.3 is 14.2 Å². The Bertz CT molecular complexity index is 531. The molecular formula is C17H20O5. The molecule has 0 saturated heterocycles. The van der Waals surface area contributed by atoms with E-state index in [2.05, 4.69) is 0 Å². The van der Waals surface area contributed by atoms with Crippen LogP contribution in [0.15, 0.2) is 54.5 Å². The van der Waals surface area contributed by atoms with Crippen molar-refractivity contribution in [2.75, 3.05) is 13.2 Å². The Labute approximate surface area is 130 Å². The van der Waals surface area contributed by atoms with Crippen molar-refractivity contribution in [2.24, 2.45) is 0 Å². The van der Waals surface area contributed by atoms with Crippen LogP contribution in [0.1, 0.15) is 19.4 Å². The average molecular weight is 304 g/mol. The predicted octanol–water partition coefficient (Wildman–Crippen LogP) is 2.77. The van der Waals surface area contributed by atoms with Crippen LogP contribution < -0.4 is 0 Å². The minimum Gasteiger partial charge on any atom is -0.468 e. The second-order valence-electron chi connectivity index (χ2n) is 4.20. The molecule has 0 amide bonds. The first kappa shape index (κ1) is 17.5. The fourth-order valence-electron chi connectivity index (χ4n) is 1.61. The van der Waals surface area contributed by atoms with Gasteiger partial charge in [0.15, 0.2) is 0 Å². The number of hydrogen-bond acceptors (Lipinski definition) is 5. The van der Waals surface area contributed by atoms with Crippen molar-refractivity contribution in [3.63, 3.8) is 0 Å². The molecule has 0 aliphatic rings. The first-order chi connectivity index (χ1) is 10.7. The molecule has 1 aromatic rings. The number of ether oxygens (including phenoxy) is 3. The van der Waals surface area contributed by atoms with Crippen molar-refractivity contribution in [1.82, 2.24) is 0 Å². The molecule has 0 spiro atoms. The van der Waals surface area contributed by atoms with E-state index in [-0.39, 0.29) is 6.61 Å². The van der Waals surface area contributed by atoms with Crippen LogP contribution in [0.2, 0.25) is 0 Å². The van der Waals surface area contributed by atoms with E-state index in [1.54, 1.807) is 13.8 Å². The lowest BCUT2D eigenvalue weighted by Crippen LogP contribution is -2.04. The SMILES string of the molecule is CCOC(=O)/C=C(/Cc1ccccc1)O/C=C/C(=O)OCC. The Morgan fingerprint density at radius 3 is 2.27 bits per heavy atom. The number of benzene rings is 1. The topological polar surface area (TPSA) is 61.8 Å². The van der Waals surface area contributed by atoms with Gasteiger partial charge in [0.2, 0.25) is 0 Å². The summed E-state index contributed by atoms with van der Waals surface area (Å²) in [6.07, 6.45) is 4.04. The molecular weight excluding hydrogens is 284 g/mol. The molecule has 0 unspecified atom stereocenters. The van der Waals surface area contributed by atoms with Gasteiger partial charge in [-0.25, -0.2) is 9.59 Å². The zero-order valence-corrected chi connectivity index (χ0v) is 12.8. The van der Waals surface area contributed by atoms with Gasteiger partial charge in [-0.05, 0) is 19.4 Å². The first-order valence-corrected chi connectivity index (χ1v) is 7.07. The summed E-state index contributed by atoms with van der Waals surface area (Å²) in [5, 5.41) is 0. The van der Waals surface area contributed by atoms with Crippen LogP contribution in [-0.4, -0.2) is 25.2 Å². The fourth-order valence-corrected chi connectivity index (χ4v) is 1.61. The molecule has 0 aliphatic heterocycles. The summed E-state index contributed by atoms with van der Waals surface area (Å²) in [5.74, 6) is -0.610. The third-order valence-corrected chi connectivity index (χ3v) is 2.50. The standard InChI is InChI=1S/C17H20O5/c1-3-20-16(18)10-11-22-15(13-17(19)21-4-2)12-14-8-6-5-7-9-14/h5-11,13H,3-4,12H2,1-2H3/b11-10+,15-13-. The van der Waals surface area contributed by atoms with Crippen LogP contribution in [0.4, 0.5) is 0 Å². The maximum atomic E-state index is 11.5. The number of rotatable bonds is 8. The highest BCUT2D eigenvalue weighted by molar-refractivity contribution is 5.83. The van der Waals surface area contributed by atoms with Crippen molar-refractivity contribution in [3.8, 4) is 0 Å². The van der Waals surface area contributed by atoms with E-state index in [1.807, 2.05) is 30.3 Å². The van der Waals surface area contributed by atoms with E-state index in [0.717, 1.165) is 11.6 Å². The predicted molar refractivity (Wildman–Crippen MR) is 81.7 cm³/mol. The van der Waals surface area contributed by atoms with Crippen LogP contribution >= 0.6 is 0 Å². The van der Waals surface area contributed by atoms with Gasteiger partial charge in [-0.1, -0.05) is 30.3 Å². The van der Waals surface area contributed by atoms with E-state index in [9.17, 15) is 9.59 Å². The average Bonchev–Trinajstić information content (AvgIpc) is 2.48. The summed E-state index contributed by atoms with van der Waals surface area (Å²) < 4.78 is 15.0. The molecule has 1 rings (SSSR count). The summed E-state index contributed by atoms with van der Waals surface area (Å²) in [5.41, 5.74) is 0.975. The molecule has 5 heteroatoms. The summed E-state index contributed by atoms with van der Waals surface area (Å²) >= 11 is 0. The van der Waals surface area contributed by atoms with Crippen LogP contribution in [0, 0.1) is 0 Å². The smallest absolute Gasteiger partial charge is 0.334 e. The van der Waals surface area contributed by atoms with Gasteiger partial charge in [0.25, 0.3) is 0 Å². The van der Waals surface area contributed by atoms with E-state index in [1.165, 1.54) is 12.3 Å². The van der Waals surface area contributed by atoms with Gasteiger partial charge in [0.05, 0.1) is 31.6 Å². The van der Waals surface area contributed by atoms with E-state index < -0.39 is 11.9 Å². The van der Waals surface area contributed by atoms with Gasteiger partial charge in [-0.15, -0.1) is 0 Å². The molecule has 5 nitrogen and oxygen atoms in total. The number of hydrogen-bond donors (Lipinski definition) is 0. The highest BCUT2D eigenvalue weighted by Gasteiger charge is 2.05. The molecule has 0 radical (unpaired) electrons. The second kappa shape index (κ2) is 10.2. The van der Waals surface area contributed by atoms with Gasteiger partial charge in [0.1, 0.15) is 5.76 Å². The molecule has 0 aromatic heterocycles. The van der Waals surface area contributed by atoms with Crippen molar-refractivity contribution < 1.29 is 23.8 Å². The Hall–Kier alpha value is -2.56. The van der Waals surface area contributed by atoms with E-state index in [0.29, 0.717) is 18.8 Å². The molecule has 1 aromatic carbocycles. The van der Waals surface area contributed by atoms with Crippen LogP contribution in [-0.2, 0) is 30.2 Å². The molecule has 0 N–H and O–H groups in total. The Balaban J connectivity index is 2.74. The molecule has 0 saturated carbocycles. The van der Waals surface area contributed by atoms with Gasteiger partial charge >= 0.3 is 11.9 Å². The van der Waals surface area contributed by atoms with Crippen molar-refractivity contribution in [2.45, 2.75) is 20.3 Å². The molecule has 22 heavy (non-hydrogen) atoms. The van der Waals surface area contributed by atoms with Crippen molar-refractivity contribution in [3.05, 3.63) is 60.1 Å². The molecule has 0 fully saturated rings. The zero-order chi connectivity index (χ0) is 16.2. The van der Waals surface area contributed by atoms with Crippen LogP contribution in [0.25, 0.3) is 0 Å². The lowest BCUT2D eigenvalue weighted by molar-refractivity contribution is -0.138.